The molecular formula is C13H21ClN2O. The number of rotatable bonds is 5. The number of nitrogens with one attached hydrogen (secondary N) is 1. The SMILES string of the molecule is CNCC(C)(C)N(C)c1cc(Cl)ccc1OC. The molecule has 1 N–H and O–H groups in total. The fourth-order valence-electron chi connectivity index (χ4n) is 1.80. The second-order valence-electron chi connectivity index (χ2n) is 4.72. The van der Waals surface area contributed by atoms with Gasteiger partial charge in [-0.05, 0) is 39.1 Å². The van der Waals surface area contributed by atoms with Crippen LogP contribution in [-0.2, 0) is 0 Å². The van der Waals surface area contributed by atoms with Gasteiger partial charge in [0.05, 0.1) is 12.8 Å². The number of likely N-dealkylation sites (N-methyl/N-ethyl adjacent to an activating group) is 2. The Labute approximate surface area is 109 Å². The first-order valence-electron chi connectivity index (χ1n) is 5.64. The predicted octanol–water partition coefficient (Wildman–Crippen LogP) is 2.78. The maximum Gasteiger partial charge on any atom is 0.142 e. The predicted molar refractivity (Wildman–Crippen MR) is 74.4 cm³/mol. The van der Waals surface area contributed by atoms with Crippen molar-refractivity contribution in [2.75, 3.05) is 32.6 Å². The van der Waals surface area contributed by atoms with Crippen molar-refractivity contribution in [2.45, 2.75) is 19.4 Å². The molecule has 0 heterocycles. The van der Waals surface area contributed by atoms with Crippen LogP contribution in [0.5, 0.6) is 5.75 Å². The van der Waals surface area contributed by atoms with E-state index in [1.165, 1.54) is 0 Å². The second kappa shape index (κ2) is 5.61. The lowest BCUT2D eigenvalue weighted by molar-refractivity contribution is 0.405. The molecule has 17 heavy (non-hydrogen) atoms. The molecule has 0 spiro atoms. The summed E-state index contributed by atoms with van der Waals surface area (Å²) < 4.78 is 5.37. The summed E-state index contributed by atoms with van der Waals surface area (Å²) in [5.74, 6) is 0.834. The largest absolute Gasteiger partial charge is 0.495 e. The topological polar surface area (TPSA) is 24.5 Å². The lowest BCUT2D eigenvalue weighted by atomic mass is 10.0. The van der Waals surface area contributed by atoms with Gasteiger partial charge < -0.3 is 15.0 Å². The van der Waals surface area contributed by atoms with Gasteiger partial charge in [0, 0.05) is 24.2 Å². The molecule has 0 aromatic heterocycles. The van der Waals surface area contributed by atoms with Crippen LogP contribution in [0.2, 0.25) is 5.02 Å². The zero-order valence-corrected chi connectivity index (χ0v) is 11.9. The molecule has 0 aliphatic rings. The van der Waals surface area contributed by atoms with Gasteiger partial charge in [-0.1, -0.05) is 11.6 Å². The number of halogens is 1. The van der Waals surface area contributed by atoms with Gasteiger partial charge in [0.15, 0.2) is 0 Å². The summed E-state index contributed by atoms with van der Waals surface area (Å²) in [5, 5.41) is 3.91. The summed E-state index contributed by atoms with van der Waals surface area (Å²) in [6.07, 6.45) is 0. The first kappa shape index (κ1) is 14.1. The lowest BCUT2D eigenvalue weighted by Crippen LogP contribution is -2.48. The van der Waals surface area contributed by atoms with Crippen LogP contribution < -0.4 is 15.0 Å². The Bertz CT molecular complexity index is 380. The molecule has 1 aromatic rings. The van der Waals surface area contributed by atoms with Crippen molar-refractivity contribution in [2.24, 2.45) is 0 Å². The highest BCUT2D eigenvalue weighted by Crippen LogP contribution is 2.33. The van der Waals surface area contributed by atoms with E-state index in [0.717, 1.165) is 18.0 Å². The number of hydrogen-bond acceptors (Lipinski definition) is 3. The average Bonchev–Trinajstić information content (AvgIpc) is 2.28. The Hall–Kier alpha value is -0.930. The first-order chi connectivity index (χ1) is 7.92. The third kappa shape index (κ3) is 3.27. The molecule has 3 nitrogen and oxygen atoms in total. The number of benzene rings is 1. The van der Waals surface area contributed by atoms with Crippen molar-refractivity contribution in [1.82, 2.24) is 5.32 Å². The summed E-state index contributed by atoms with van der Waals surface area (Å²) in [7, 11) is 5.67. The van der Waals surface area contributed by atoms with Gasteiger partial charge in [-0.3, -0.25) is 0 Å². The Morgan fingerprint density at radius 3 is 2.59 bits per heavy atom. The number of methoxy groups -OCH3 is 1. The van der Waals surface area contributed by atoms with Crippen LogP contribution >= 0.6 is 11.6 Å². The van der Waals surface area contributed by atoms with Crippen molar-refractivity contribution in [3.8, 4) is 5.75 Å². The van der Waals surface area contributed by atoms with Gasteiger partial charge in [-0.2, -0.15) is 0 Å². The zero-order chi connectivity index (χ0) is 13.1. The summed E-state index contributed by atoms with van der Waals surface area (Å²) >= 11 is 6.05. The number of hydrogen-bond donors (Lipinski definition) is 1. The third-order valence-corrected chi connectivity index (χ3v) is 3.25. The first-order valence-corrected chi connectivity index (χ1v) is 6.02. The van der Waals surface area contributed by atoms with Crippen LogP contribution in [-0.4, -0.2) is 33.3 Å². The summed E-state index contributed by atoms with van der Waals surface area (Å²) in [5.41, 5.74) is 0.979. The van der Waals surface area contributed by atoms with E-state index in [1.54, 1.807) is 7.11 Å². The van der Waals surface area contributed by atoms with Gasteiger partial charge in [-0.15, -0.1) is 0 Å². The van der Waals surface area contributed by atoms with E-state index in [1.807, 2.05) is 32.3 Å². The van der Waals surface area contributed by atoms with Crippen molar-refractivity contribution >= 4 is 17.3 Å². The summed E-state index contributed by atoms with van der Waals surface area (Å²) in [4.78, 5) is 2.17. The minimum Gasteiger partial charge on any atom is -0.495 e. The highest BCUT2D eigenvalue weighted by Gasteiger charge is 2.25. The summed E-state index contributed by atoms with van der Waals surface area (Å²) in [6.45, 7) is 5.22. The fraction of sp³-hybridized carbons (Fsp3) is 0.538. The minimum absolute atomic E-state index is 0.0211. The summed E-state index contributed by atoms with van der Waals surface area (Å²) in [6, 6.07) is 5.66. The number of anilines is 1. The van der Waals surface area contributed by atoms with Crippen LogP contribution in [0, 0.1) is 0 Å². The highest BCUT2D eigenvalue weighted by atomic mass is 35.5. The van der Waals surface area contributed by atoms with Gasteiger partial charge in [0.25, 0.3) is 0 Å². The van der Waals surface area contributed by atoms with Crippen LogP contribution in [0.1, 0.15) is 13.8 Å². The average molecular weight is 257 g/mol. The molecule has 0 radical (unpaired) electrons. The number of ether oxygens (including phenoxy) is 1. The Morgan fingerprint density at radius 2 is 2.06 bits per heavy atom. The molecule has 0 unspecified atom stereocenters. The smallest absolute Gasteiger partial charge is 0.142 e. The maximum atomic E-state index is 6.05. The van der Waals surface area contributed by atoms with Gasteiger partial charge in [0.2, 0.25) is 0 Å². The highest BCUT2D eigenvalue weighted by molar-refractivity contribution is 6.30. The molecule has 4 heteroatoms. The van der Waals surface area contributed by atoms with Crippen molar-refractivity contribution in [3.63, 3.8) is 0 Å². The van der Waals surface area contributed by atoms with Crippen LogP contribution in [0.15, 0.2) is 18.2 Å². The van der Waals surface area contributed by atoms with Gasteiger partial charge >= 0.3 is 0 Å². The molecule has 0 atom stereocenters. The van der Waals surface area contributed by atoms with Crippen molar-refractivity contribution in [1.29, 1.82) is 0 Å². The van der Waals surface area contributed by atoms with Crippen LogP contribution in [0.4, 0.5) is 5.69 Å². The zero-order valence-electron chi connectivity index (χ0n) is 11.2. The monoisotopic (exact) mass is 256 g/mol. The molecule has 1 aromatic carbocycles. The van der Waals surface area contributed by atoms with Gasteiger partial charge in [-0.25, -0.2) is 0 Å². The molecule has 0 bridgehead atoms. The quantitative estimate of drug-likeness (QED) is 0.877. The fourth-order valence-corrected chi connectivity index (χ4v) is 1.97. The van der Waals surface area contributed by atoms with E-state index in [-0.39, 0.29) is 5.54 Å². The minimum atomic E-state index is -0.0211. The molecule has 0 saturated heterocycles. The molecule has 0 aliphatic heterocycles. The van der Waals surface area contributed by atoms with E-state index in [4.69, 9.17) is 16.3 Å². The lowest BCUT2D eigenvalue weighted by Gasteiger charge is -2.38. The Balaban J connectivity index is 3.09. The Kier molecular flexibility index (Phi) is 4.66. The van der Waals surface area contributed by atoms with Crippen LogP contribution in [0.25, 0.3) is 0 Å². The van der Waals surface area contributed by atoms with E-state index in [2.05, 4.69) is 24.1 Å². The maximum absolute atomic E-state index is 6.05. The van der Waals surface area contributed by atoms with E-state index in [9.17, 15) is 0 Å². The number of nitrogens with zero attached hydrogens (tertiary/aromatic N) is 1. The van der Waals surface area contributed by atoms with E-state index >= 15 is 0 Å². The van der Waals surface area contributed by atoms with E-state index in [0.29, 0.717) is 5.02 Å². The van der Waals surface area contributed by atoms with E-state index < -0.39 is 0 Å². The van der Waals surface area contributed by atoms with Crippen LogP contribution in [0.3, 0.4) is 0 Å². The van der Waals surface area contributed by atoms with Crippen molar-refractivity contribution < 1.29 is 4.74 Å². The second-order valence-corrected chi connectivity index (χ2v) is 5.15. The molecule has 0 amide bonds. The standard InChI is InChI=1S/C13H21ClN2O/c1-13(2,9-15-3)16(4)11-8-10(14)6-7-12(11)17-5/h6-8,15H,9H2,1-5H3. The molecule has 0 saturated carbocycles. The molecule has 0 aliphatic carbocycles. The molecular weight excluding hydrogens is 236 g/mol. The van der Waals surface area contributed by atoms with Gasteiger partial charge in [0.1, 0.15) is 5.75 Å². The Morgan fingerprint density at radius 1 is 1.41 bits per heavy atom. The normalized spacial score (nSPS) is 11.4. The molecule has 0 fully saturated rings. The third-order valence-electron chi connectivity index (χ3n) is 3.02. The molecule has 96 valence electrons. The van der Waals surface area contributed by atoms with Crippen molar-refractivity contribution in [3.05, 3.63) is 23.2 Å². The molecule has 1 rings (SSSR count).